The van der Waals surface area contributed by atoms with E-state index in [9.17, 15) is 4.79 Å². The Morgan fingerprint density at radius 2 is 2.33 bits per heavy atom. The van der Waals surface area contributed by atoms with Gasteiger partial charge in [-0.05, 0) is 51.1 Å². The predicted octanol–water partition coefficient (Wildman–Crippen LogP) is 2.53. The highest BCUT2D eigenvalue weighted by molar-refractivity contribution is 5.67. The van der Waals surface area contributed by atoms with E-state index in [0.717, 1.165) is 44.7 Å². The summed E-state index contributed by atoms with van der Waals surface area (Å²) in [5.41, 5.74) is 2.33. The van der Waals surface area contributed by atoms with Crippen molar-refractivity contribution >= 4 is 5.97 Å². The number of carbonyl (C=O) groups is 1. The van der Waals surface area contributed by atoms with Gasteiger partial charge in [0.25, 0.3) is 0 Å². The van der Waals surface area contributed by atoms with E-state index in [0.29, 0.717) is 5.92 Å². The smallest absolute Gasteiger partial charge is 0.303 e. The number of rotatable bonds is 6. The van der Waals surface area contributed by atoms with Crippen LogP contribution in [0.5, 0.6) is 0 Å². The highest BCUT2D eigenvalue weighted by Gasteiger charge is 2.26. The monoisotopic (exact) mass is 293 g/mol. The van der Waals surface area contributed by atoms with Crippen molar-refractivity contribution in [2.75, 3.05) is 13.1 Å². The second-order valence-corrected chi connectivity index (χ2v) is 6.31. The Hall–Kier alpha value is -1.36. The lowest BCUT2D eigenvalue weighted by molar-refractivity contribution is -0.138. The molecule has 21 heavy (non-hydrogen) atoms. The van der Waals surface area contributed by atoms with Gasteiger partial charge in [-0.1, -0.05) is 6.92 Å². The molecule has 0 spiro atoms. The quantitative estimate of drug-likeness (QED) is 0.875. The van der Waals surface area contributed by atoms with Crippen molar-refractivity contribution in [1.82, 2.24) is 14.7 Å². The second kappa shape index (κ2) is 7.07. The summed E-state index contributed by atoms with van der Waals surface area (Å²) in [5.74, 6) is 0.0661. The average molecular weight is 293 g/mol. The number of aromatic nitrogens is 2. The molecular formula is C16H27N3O2. The molecule has 0 aromatic carbocycles. The largest absolute Gasteiger partial charge is 0.481 e. The fourth-order valence-corrected chi connectivity index (χ4v) is 3.37. The lowest BCUT2D eigenvalue weighted by Gasteiger charge is -2.35. The molecule has 2 atom stereocenters. The molecule has 0 amide bonds. The lowest BCUT2D eigenvalue weighted by atomic mass is 9.84. The zero-order chi connectivity index (χ0) is 15.4. The molecule has 1 aromatic heterocycles. The highest BCUT2D eigenvalue weighted by atomic mass is 16.4. The van der Waals surface area contributed by atoms with Crippen LogP contribution in [0.1, 0.15) is 44.5 Å². The van der Waals surface area contributed by atoms with Crippen molar-refractivity contribution in [2.45, 2.75) is 53.1 Å². The van der Waals surface area contributed by atoms with Gasteiger partial charge in [-0.2, -0.15) is 5.10 Å². The van der Waals surface area contributed by atoms with E-state index in [-0.39, 0.29) is 12.3 Å². The van der Waals surface area contributed by atoms with Crippen LogP contribution in [-0.4, -0.2) is 38.8 Å². The second-order valence-electron chi connectivity index (χ2n) is 6.31. The van der Waals surface area contributed by atoms with Crippen LogP contribution in [0.2, 0.25) is 0 Å². The van der Waals surface area contributed by atoms with E-state index in [1.54, 1.807) is 0 Å². The third kappa shape index (κ3) is 4.30. The molecule has 0 aliphatic carbocycles. The Balaban J connectivity index is 1.96. The number of carboxylic acids is 1. The maximum absolute atomic E-state index is 10.9. The summed E-state index contributed by atoms with van der Waals surface area (Å²) < 4.78 is 2.07. The van der Waals surface area contributed by atoms with Gasteiger partial charge in [0.2, 0.25) is 0 Å². The van der Waals surface area contributed by atoms with Gasteiger partial charge in [-0.25, -0.2) is 0 Å². The van der Waals surface area contributed by atoms with Crippen molar-refractivity contribution in [2.24, 2.45) is 11.8 Å². The highest BCUT2D eigenvalue weighted by Crippen LogP contribution is 2.27. The predicted molar refractivity (Wildman–Crippen MR) is 82.1 cm³/mol. The molecule has 5 nitrogen and oxygen atoms in total. The third-order valence-electron chi connectivity index (χ3n) is 4.51. The number of likely N-dealkylation sites (tertiary alicyclic amines) is 1. The summed E-state index contributed by atoms with van der Waals surface area (Å²) in [4.78, 5) is 13.3. The molecule has 1 aliphatic rings. The minimum atomic E-state index is -0.681. The molecule has 5 heteroatoms. The van der Waals surface area contributed by atoms with E-state index in [1.807, 2.05) is 6.92 Å². The molecule has 118 valence electrons. The number of hydrogen-bond donors (Lipinski definition) is 1. The van der Waals surface area contributed by atoms with Crippen molar-refractivity contribution in [3.63, 3.8) is 0 Å². The minimum absolute atomic E-state index is 0.253. The van der Waals surface area contributed by atoms with Gasteiger partial charge in [-0.15, -0.1) is 0 Å². The molecule has 0 radical (unpaired) electrons. The van der Waals surface area contributed by atoms with E-state index < -0.39 is 5.97 Å². The molecular weight excluding hydrogens is 266 g/mol. The number of piperidine rings is 1. The third-order valence-corrected chi connectivity index (χ3v) is 4.51. The van der Waals surface area contributed by atoms with Gasteiger partial charge >= 0.3 is 5.97 Å². The molecule has 1 N–H and O–H groups in total. The molecule has 2 heterocycles. The lowest BCUT2D eigenvalue weighted by Crippen LogP contribution is -2.38. The van der Waals surface area contributed by atoms with E-state index >= 15 is 0 Å². The van der Waals surface area contributed by atoms with Crippen molar-refractivity contribution in [3.8, 4) is 0 Å². The fourth-order valence-electron chi connectivity index (χ4n) is 3.37. The van der Waals surface area contributed by atoms with Crippen LogP contribution in [0.3, 0.4) is 0 Å². The Kier molecular flexibility index (Phi) is 5.39. The number of carboxylic acid groups (broad SMARTS) is 1. The topological polar surface area (TPSA) is 58.4 Å². The average Bonchev–Trinajstić information content (AvgIpc) is 2.78. The van der Waals surface area contributed by atoms with Crippen LogP contribution >= 0.6 is 0 Å². The zero-order valence-corrected chi connectivity index (χ0v) is 13.4. The first-order chi connectivity index (χ1) is 9.99. The fraction of sp³-hybridized carbons (Fsp3) is 0.750. The Bertz CT molecular complexity index is 484. The van der Waals surface area contributed by atoms with Crippen LogP contribution in [0.25, 0.3) is 0 Å². The SMILES string of the molecule is CCn1nc(C)cc1CN1CCCC(C(C)CC(=O)O)C1. The van der Waals surface area contributed by atoms with Crippen LogP contribution in [-0.2, 0) is 17.9 Å². The van der Waals surface area contributed by atoms with E-state index in [1.165, 1.54) is 5.69 Å². The Morgan fingerprint density at radius 3 is 3.00 bits per heavy atom. The number of hydrogen-bond acceptors (Lipinski definition) is 3. The van der Waals surface area contributed by atoms with Gasteiger partial charge in [0.1, 0.15) is 0 Å². The number of nitrogens with zero attached hydrogens (tertiary/aromatic N) is 3. The van der Waals surface area contributed by atoms with Crippen LogP contribution in [0.4, 0.5) is 0 Å². The minimum Gasteiger partial charge on any atom is -0.481 e. The summed E-state index contributed by atoms with van der Waals surface area (Å²) >= 11 is 0. The number of aliphatic carboxylic acids is 1. The summed E-state index contributed by atoms with van der Waals surface area (Å²) in [6.07, 6.45) is 2.59. The molecule has 2 rings (SSSR count). The first-order valence-corrected chi connectivity index (χ1v) is 7.97. The van der Waals surface area contributed by atoms with Gasteiger partial charge in [-0.3, -0.25) is 14.4 Å². The zero-order valence-electron chi connectivity index (χ0n) is 13.4. The molecule has 2 unspecified atom stereocenters. The Morgan fingerprint density at radius 1 is 1.57 bits per heavy atom. The molecule has 0 saturated carbocycles. The van der Waals surface area contributed by atoms with Gasteiger partial charge in [0.05, 0.1) is 11.4 Å². The summed E-state index contributed by atoms with van der Waals surface area (Å²) in [7, 11) is 0. The molecule has 1 saturated heterocycles. The van der Waals surface area contributed by atoms with Gasteiger partial charge in [0, 0.05) is 26.1 Å². The van der Waals surface area contributed by atoms with E-state index in [4.69, 9.17) is 5.11 Å². The molecule has 1 aromatic rings. The first-order valence-electron chi connectivity index (χ1n) is 7.97. The van der Waals surface area contributed by atoms with E-state index in [2.05, 4.69) is 34.6 Å². The van der Waals surface area contributed by atoms with Crippen LogP contribution in [0.15, 0.2) is 6.07 Å². The van der Waals surface area contributed by atoms with Crippen molar-refractivity contribution in [3.05, 3.63) is 17.5 Å². The standard InChI is InChI=1S/C16H27N3O2/c1-4-19-15(9-13(3)17-19)11-18-7-5-6-14(10-18)12(2)8-16(20)21/h9,12,14H,4-8,10-11H2,1-3H3,(H,20,21). The molecule has 0 bridgehead atoms. The summed E-state index contributed by atoms with van der Waals surface area (Å²) in [5, 5.41) is 13.5. The van der Waals surface area contributed by atoms with Crippen molar-refractivity contribution < 1.29 is 9.90 Å². The van der Waals surface area contributed by atoms with Crippen LogP contribution < -0.4 is 0 Å². The van der Waals surface area contributed by atoms with Gasteiger partial charge < -0.3 is 5.11 Å². The summed E-state index contributed by atoms with van der Waals surface area (Å²) in [6, 6.07) is 2.16. The normalized spacial score (nSPS) is 21.4. The van der Waals surface area contributed by atoms with Crippen molar-refractivity contribution in [1.29, 1.82) is 0 Å². The maximum atomic E-state index is 10.9. The number of aryl methyl sites for hydroxylation is 2. The van der Waals surface area contributed by atoms with Gasteiger partial charge in [0.15, 0.2) is 0 Å². The molecule has 1 aliphatic heterocycles. The molecule has 1 fully saturated rings. The maximum Gasteiger partial charge on any atom is 0.303 e. The Labute approximate surface area is 126 Å². The first kappa shape index (κ1) is 16.0. The van der Waals surface area contributed by atoms with Crippen LogP contribution in [0, 0.1) is 18.8 Å². The summed E-state index contributed by atoms with van der Waals surface area (Å²) in [6.45, 7) is 10.1.